The van der Waals surface area contributed by atoms with Crippen LogP contribution < -0.4 is 5.32 Å². The standard InChI is InChI=1S/C27H22N2O4S/c30-19-10-7-17(8-11-19)14-18-9-12-22-25(21-5-1-2-6-23(21)29-26(18)22)27(32)33-16-24(31)28-15-20-4-3-13-34-20/h1-8,10-11,13-14,30H,9,12,15-16H2,(H,28,31)/b18-14+. The first-order valence-corrected chi connectivity index (χ1v) is 11.8. The van der Waals surface area contributed by atoms with Crippen molar-refractivity contribution in [2.75, 3.05) is 6.61 Å². The summed E-state index contributed by atoms with van der Waals surface area (Å²) in [7, 11) is 0. The monoisotopic (exact) mass is 470 g/mol. The molecule has 34 heavy (non-hydrogen) atoms. The Morgan fingerprint density at radius 1 is 1.06 bits per heavy atom. The molecule has 0 atom stereocenters. The Bertz CT molecular complexity index is 1390. The molecule has 5 rings (SSSR count). The summed E-state index contributed by atoms with van der Waals surface area (Å²) in [5, 5.41) is 15.0. The van der Waals surface area contributed by atoms with Gasteiger partial charge in [-0.3, -0.25) is 4.79 Å². The number of thiophene rings is 1. The van der Waals surface area contributed by atoms with Crippen LogP contribution in [0.2, 0.25) is 0 Å². The fourth-order valence-electron chi connectivity index (χ4n) is 4.14. The number of esters is 1. The number of phenolic OH excluding ortho intramolecular Hbond substituents is 1. The van der Waals surface area contributed by atoms with E-state index >= 15 is 0 Å². The third-order valence-electron chi connectivity index (χ3n) is 5.75. The summed E-state index contributed by atoms with van der Waals surface area (Å²) in [6.45, 7) is 0.0683. The molecule has 2 heterocycles. The normalized spacial score (nSPS) is 13.7. The number of fused-ring (bicyclic) bond motifs is 2. The van der Waals surface area contributed by atoms with Crippen molar-refractivity contribution in [2.24, 2.45) is 0 Å². The molecular weight excluding hydrogens is 448 g/mol. The molecule has 1 amide bonds. The zero-order valence-electron chi connectivity index (χ0n) is 18.3. The van der Waals surface area contributed by atoms with E-state index in [4.69, 9.17) is 9.72 Å². The lowest BCUT2D eigenvalue weighted by Crippen LogP contribution is -2.28. The summed E-state index contributed by atoms with van der Waals surface area (Å²) in [4.78, 5) is 31.3. The molecule has 6 nitrogen and oxygen atoms in total. The maximum Gasteiger partial charge on any atom is 0.339 e. The molecular formula is C27H22N2O4S. The molecule has 0 spiro atoms. The lowest BCUT2D eigenvalue weighted by Gasteiger charge is -2.12. The smallest absolute Gasteiger partial charge is 0.339 e. The van der Waals surface area contributed by atoms with Crippen LogP contribution >= 0.6 is 11.3 Å². The molecule has 0 saturated heterocycles. The molecule has 0 fully saturated rings. The molecule has 0 aliphatic heterocycles. The highest BCUT2D eigenvalue weighted by atomic mass is 32.1. The molecule has 1 aliphatic carbocycles. The van der Waals surface area contributed by atoms with Crippen molar-refractivity contribution < 1.29 is 19.4 Å². The highest BCUT2D eigenvalue weighted by molar-refractivity contribution is 7.09. The molecule has 0 unspecified atom stereocenters. The van der Waals surface area contributed by atoms with Gasteiger partial charge in [0.1, 0.15) is 5.75 Å². The fourth-order valence-corrected chi connectivity index (χ4v) is 4.78. The number of hydrogen-bond acceptors (Lipinski definition) is 6. The number of aromatic hydroxyl groups is 1. The first kappa shape index (κ1) is 21.9. The maximum atomic E-state index is 13.2. The molecule has 2 aromatic carbocycles. The van der Waals surface area contributed by atoms with Gasteiger partial charge in [0.2, 0.25) is 0 Å². The first-order valence-electron chi connectivity index (χ1n) is 11.0. The van der Waals surface area contributed by atoms with E-state index < -0.39 is 5.97 Å². The Balaban J connectivity index is 1.41. The molecule has 2 aromatic heterocycles. The molecule has 4 aromatic rings. The minimum Gasteiger partial charge on any atom is -0.508 e. The number of rotatable bonds is 6. The third-order valence-corrected chi connectivity index (χ3v) is 6.63. The Labute approximate surface area is 200 Å². The largest absolute Gasteiger partial charge is 0.508 e. The van der Waals surface area contributed by atoms with Crippen LogP contribution in [0.15, 0.2) is 66.0 Å². The number of aromatic nitrogens is 1. The second-order valence-electron chi connectivity index (χ2n) is 8.02. The van der Waals surface area contributed by atoms with Gasteiger partial charge in [0.05, 0.1) is 23.3 Å². The van der Waals surface area contributed by atoms with Gasteiger partial charge in [0.15, 0.2) is 6.61 Å². The topological polar surface area (TPSA) is 88.5 Å². The van der Waals surface area contributed by atoms with Gasteiger partial charge in [-0.2, -0.15) is 0 Å². The molecule has 0 bridgehead atoms. The Hall–Kier alpha value is -3.97. The Morgan fingerprint density at radius 3 is 2.68 bits per heavy atom. The number of hydrogen-bond donors (Lipinski definition) is 2. The number of pyridine rings is 1. The number of nitrogens with one attached hydrogen (secondary N) is 1. The van der Waals surface area contributed by atoms with Gasteiger partial charge in [0.25, 0.3) is 5.91 Å². The lowest BCUT2D eigenvalue weighted by molar-refractivity contribution is -0.124. The van der Waals surface area contributed by atoms with Crippen LogP contribution in [0.1, 0.15) is 38.5 Å². The number of carbonyl (C=O) groups excluding carboxylic acids is 2. The van der Waals surface area contributed by atoms with Crippen molar-refractivity contribution in [3.8, 4) is 5.75 Å². The van der Waals surface area contributed by atoms with Crippen molar-refractivity contribution in [1.29, 1.82) is 0 Å². The summed E-state index contributed by atoms with van der Waals surface area (Å²) >= 11 is 1.56. The highest BCUT2D eigenvalue weighted by Crippen LogP contribution is 2.37. The van der Waals surface area contributed by atoms with Crippen LogP contribution in [0.25, 0.3) is 22.6 Å². The van der Waals surface area contributed by atoms with Gasteiger partial charge in [-0.25, -0.2) is 9.78 Å². The number of ether oxygens (including phenoxy) is 1. The van der Waals surface area contributed by atoms with E-state index in [-0.39, 0.29) is 18.3 Å². The molecule has 0 radical (unpaired) electrons. The van der Waals surface area contributed by atoms with E-state index in [2.05, 4.69) is 5.32 Å². The van der Waals surface area contributed by atoms with Gasteiger partial charge in [-0.05, 0) is 65.3 Å². The quantitative estimate of drug-likeness (QED) is 0.389. The van der Waals surface area contributed by atoms with E-state index in [0.717, 1.165) is 39.1 Å². The summed E-state index contributed by atoms with van der Waals surface area (Å²) in [6.07, 6.45) is 3.42. The van der Waals surface area contributed by atoms with Gasteiger partial charge >= 0.3 is 5.97 Å². The van der Waals surface area contributed by atoms with Crippen LogP contribution in [0.5, 0.6) is 5.75 Å². The molecule has 7 heteroatoms. The van der Waals surface area contributed by atoms with E-state index in [9.17, 15) is 14.7 Å². The second-order valence-corrected chi connectivity index (χ2v) is 9.06. The highest BCUT2D eigenvalue weighted by Gasteiger charge is 2.28. The van der Waals surface area contributed by atoms with E-state index in [0.29, 0.717) is 24.0 Å². The summed E-state index contributed by atoms with van der Waals surface area (Å²) in [6, 6.07) is 18.3. The van der Waals surface area contributed by atoms with Crippen LogP contribution in [0, 0.1) is 0 Å². The van der Waals surface area contributed by atoms with Gasteiger partial charge in [-0.1, -0.05) is 36.4 Å². The van der Waals surface area contributed by atoms with Crippen LogP contribution in [-0.2, 0) is 22.5 Å². The van der Waals surface area contributed by atoms with Crippen molar-refractivity contribution in [3.05, 3.63) is 93.3 Å². The number of amides is 1. The lowest BCUT2D eigenvalue weighted by atomic mass is 10.0. The van der Waals surface area contributed by atoms with Crippen molar-refractivity contribution in [1.82, 2.24) is 10.3 Å². The van der Waals surface area contributed by atoms with Crippen LogP contribution in [0.3, 0.4) is 0 Å². The molecule has 0 saturated carbocycles. The maximum absolute atomic E-state index is 13.2. The van der Waals surface area contributed by atoms with Gasteiger partial charge in [-0.15, -0.1) is 11.3 Å². The predicted molar refractivity (Wildman–Crippen MR) is 132 cm³/mol. The summed E-state index contributed by atoms with van der Waals surface area (Å²) < 4.78 is 5.44. The predicted octanol–water partition coefficient (Wildman–Crippen LogP) is 4.96. The third kappa shape index (κ3) is 4.56. The average molecular weight is 471 g/mol. The van der Waals surface area contributed by atoms with Crippen LogP contribution in [0.4, 0.5) is 0 Å². The van der Waals surface area contributed by atoms with E-state index in [1.807, 2.05) is 60.0 Å². The number of benzene rings is 2. The Morgan fingerprint density at radius 2 is 1.88 bits per heavy atom. The van der Waals surface area contributed by atoms with E-state index in [1.165, 1.54) is 0 Å². The number of phenols is 1. The number of allylic oxidation sites excluding steroid dienone is 1. The van der Waals surface area contributed by atoms with Crippen molar-refractivity contribution in [2.45, 2.75) is 19.4 Å². The second kappa shape index (κ2) is 9.49. The number of nitrogens with zero attached hydrogens (tertiary/aromatic N) is 1. The van der Waals surface area contributed by atoms with Crippen molar-refractivity contribution >= 4 is 45.8 Å². The van der Waals surface area contributed by atoms with E-state index in [1.54, 1.807) is 23.5 Å². The number of para-hydroxylation sites is 1. The van der Waals surface area contributed by atoms with Crippen molar-refractivity contribution in [3.63, 3.8) is 0 Å². The Kier molecular flexibility index (Phi) is 6.10. The zero-order chi connectivity index (χ0) is 23.5. The fraction of sp³-hybridized carbons (Fsp3) is 0.148. The van der Waals surface area contributed by atoms with Gasteiger partial charge in [0, 0.05) is 10.3 Å². The first-order chi connectivity index (χ1) is 16.6. The minimum atomic E-state index is -0.521. The zero-order valence-corrected chi connectivity index (χ0v) is 19.1. The summed E-state index contributed by atoms with van der Waals surface area (Å²) in [5.41, 5.74) is 4.76. The molecule has 2 N–H and O–H groups in total. The average Bonchev–Trinajstić information content (AvgIpc) is 3.51. The van der Waals surface area contributed by atoms with Gasteiger partial charge < -0.3 is 15.2 Å². The number of carbonyl (C=O) groups is 2. The summed E-state index contributed by atoms with van der Waals surface area (Å²) in [5.74, 6) is -0.653. The minimum absolute atomic E-state index is 0.211. The molecule has 1 aliphatic rings. The molecule has 170 valence electrons. The SMILES string of the molecule is O=C(COC(=O)c1c2c(nc3ccccc13)/C(=C/c1ccc(O)cc1)CC2)NCc1cccs1. The van der Waals surface area contributed by atoms with Crippen LogP contribution in [-0.4, -0.2) is 28.6 Å².